The van der Waals surface area contributed by atoms with E-state index in [1.54, 1.807) is 10.6 Å². The van der Waals surface area contributed by atoms with Crippen LogP contribution < -0.4 is 0 Å². The molecule has 7 nitrogen and oxygen atoms in total. The minimum absolute atomic E-state index is 0.169. The van der Waals surface area contributed by atoms with E-state index < -0.39 is 28.0 Å². The molecule has 2 heterocycles. The number of furan rings is 1. The average molecular weight is 507 g/mol. The van der Waals surface area contributed by atoms with Gasteiger partial charge in [-0.05, 0) is 68.1 Å². The quantitative estimate of drug-likeness (QED) is 0.617. The zero-order chi connectivity index (χ0) is 25.1. The summed E-state index contributed by atoms with van der Waals surface area (Å²) in [5.41, 5.74) is 0. The summed E-state index contributed by atoms with van der Waals surface area (Å²) in [5, 5.41) is 7.12. The monoisotopic (exact) mass is 506 g/mol. The van der Waals surface area contributed by atoms with Gasteiger partial charge in [0.05, 0.1) is 17.7 Å². The number of sulfonamides is 1. The summed E-state index contributed by atoms with van der Waals surface area (Å²) in [6.07, 6.45) is -0.161. The fourth-order valence-electron chi connectivity index (χ4n) is 4.66. The first kappa shape index (κ1) is 26.2. The molecular formula is C22H26F4N2O5S. The van der Waals surface area contributed by atoms with Crippen molar-refractivity contribution in [2.24, 2.45) is 11.8 Å². The minimum atomic E-state index is -5.08. The summed E-state index contributed by atoms with van der Waals surface area (Å²) in [4.78, 5) is 11.4. The molecule has 2 aromatic rings. The third-order valence-corrected chi connectivity index (χ3v) is 8.12. The lowest BCUT2D eigenvalue weighted by Crippen LogP contribution is -2.43. The molecule has 1 unspecified atom stereocenters. The van der Waals surface area contributed by atoms with Crippen LogP contribution in [-0.2, 0) is 21.4 Å². The minimum Gasteiger partial charge on any atom is -0.475 e. The van der Waals surface area contributed by atoms with Crippen LogP contribution in [0.3, 0.4) is 0 Å². The molecule has 34 heavy (non-hydrogen) atoms. The molecule has 3 atom stereocenters. The fourth-order valence-corrected chi connectivity index (χ4v) is 6.20. The molecule has 0 bridgehead atoms. The first-order chi connectivity index (χ1) is 15.9. The Bertz CT molecular complexity index is 1060. The van der Waals surface area contributed by atoms with Gasteiger partial charge < -0.3 is 9.52 Å². The summed E-state index contributed by atoms with van der Waals surface area (Å²) < 4.78 is 78.0. The largest absolute Gasteiger partial charge is 0.490 e. The highest BCUT2D eigenvalue weighted by molar-refractivity contribution is 7.89. The van der Waals surface area contributed by atoms with Crippen LogP contribution in [0.25, 0.3) is 0 Å². The number of carbonyl (C=O) groups is 1. The van der Waals surface area contributed by atoms with Crippen LogP contribution in [-0.4, -0.2) is 61.1 Å². The molecule has 188 valence electrons. The SMILES string of the molecule is CN(Cc1ccco1)C1CCC[C@@H]2CN(S(=O)(=O)c3ccc(F)cc3)C[C@H]12.O=C(O)C(F)(F)F. The van der Waals surface area contributed by atoms with Crippen molar-refractivity contribution in [1.29, 1.82) is 0 Å². The molecule has 1 saturated heterocycles. The second-order valence-corrected chi connectivity index (χ2v) is 10.4. The number of nitrogens with zero attached hydrogens (tertiary/aromatic N) is 2. The number of aliphatic carboxylic acids is 1. The number of hydrogen-bond acceptors (Lipinski definition) is 5. The van der Waals surface area contributed by atoms with E-state index in [0.29, 0.717) is 31.0 Å². The summed E-state index contributed by atoms with van der Waals surface area (Å²) in [7, 11) is -1.49. The predicted octanol–water partition coefficient (Wildman–Crippen LogP) is 3.97. The van der Waals surface area contributed by atoms with E-state index in [-0.39, 0.29) is 4.90 Å². The van der Waals surface area contributed by atoms with Gasteiger partial charge in [-0.25, -0.2) is 17.6 Å². The number of carboxylic acids is 1. The van der Waals surface area contributed by atoms with Crippen molar-refractivity contribution in [3.63, 3.8) is 0 Å². The highest BCUT2D eigenvalue weighted by Crippen LogP contribution is 2.40. The van der Waals surface area contributed by atoms with Gasteiger partial charge in [0.25, 0.3) is 0 Å². The molecule has 1 aromatic heterocycles. The van der Waals surface area contributed by atoms with Crippen LogP contribution >= 0.6 is 0 Å². The Kier molecular flexibility index (Phi) is 8.04. The van der Waals surface area contributed by atoms with Gasteiger partial charge in [0, 0.05) is 19.1 Å². The fraction of sp³-hybridized carbons (Fsp3) is 0.500. The first-order valence-corrected chi connectivity index (χ1v) is 12.1. The zero-order valence-corrected chi connectivity index (χ0v) is 19.2. The topological polar surface area (TPSA) is 91.1 Å². The van der Waals surface area contributed by atoms with Gasteiger partial charge in [0.1, 0.15) is 11.6 Å². The van der Waals surface area contributed by atoms with E-state index in [4.69, 9.17) is 14.3 Å². The van der Waals surface area contributed by atoms with Gasteiger partial charge in [-0.3, -0.25) is 4.90 Å². The van der Waals surface area contributed by atoms with Gasteiger partial charge in [-0.15, -0.1) is 0 Å². The van der Waals surface area contributed by atoms with E-state index >= 15 is 0 Å². The molecule has 0 radical (unpaired) electrons. The summed E-state index contributed by atoms with van der Waals surface area (Å²) >= 11 is 0. The first-order valence-electron chi connectivity index (χ1n) is 10.7. The van der Waals surface area contributed by atoms with Crippen LogP contribution in [0.2, 0.25) is 0 Å². The van der Waals surface area contributed by atoms with Crippen molar-refractivity contribution >= 4 is 16.0 Å². The maximum absolute atomic E-state index is 13.2. The lowest BCUT2D eigenvalue weighted by molar-refractivity contribution is -0.192. The maximum atomic E-state index is 13.2. The highest BCUT2D eigenvalue weighted by Gasteiger charge is 2.45. The third-order valence-electron chi connectivity index (χ3n) is 6.27. The third kappa shape index (κ3) is 6.16. The van der Waals surface area contributed by atoms with Crippen LogP contribution in [0, 0.1) is 17.7 Å². The molecule has 1 N–H and O–H groups in total. The van der Waals surface area contributed by atoms with Gasteiger partial charge >= 0.3 is 12.1 Å². The summed E-state index contributed by atoms with van der Waals surface area (Å²) in [6, 6.07) is 9.31. The normalized spacial score (nSPS) is 23.3. The number of fused-ring (bicyclic) bond motifs is 1. The van der Waals surface area contributed by atoms with Crippen molar-refractivity contribution < 1.29 is 40.3 Å². The van der Waals surface area contributed by atoms with Crippen molar-refractivity contribution in [3.8, 4) is 0 Å². The van der Waals surface area contributed by atoms with E-state index in [9.17, 15) is 26.0 Å². The van der Waals surface area contributed by atoms with Crippen LogP contribution in [0.4, 0.5) is 17.6 Å². The number of carboxylic acid groups (broad SMARTS) is 1. The molecule has 4 rings (SSSR count). The molecular weight excluding hydrogens is 480 g/mol. The number of benzene rings is 1. The molecule has 1 aliphatic carbocycles. The van der Waals surface area contributed by atoms with E-state index in [1.807, 2.05) is 12.1 Å². The lowest BCUT2D eigenvalue weighted by Gasteiger charge is -2.38. The van der Waals surface area contributed by atoms with Gasteiger partial charge in [0.2, 0.25) is 10.0 Å². The van der Waals surface area contributed by atoms with Crippen LogP contribution in [0.1, 0.15) is 25.0 Å². The van der Waals surface area contributed by atoms with E-state index in [2.05, 4.69) is 11.9 Å². The second-order valence-electron chi connectivity index (χ2n) is 8.50. The lowest BCUT2D eigenvalue weighted by atomic mass is 9.77. The molecule has 12 heteroatoms. The number of alkyl halides is 3. The van der Waals surface area contributed by atoms with Gasteiger partial charge in [-0.2, -0.15) is 17.5 Å². The van der Waals surface area contributed by atoms with E-state index in [1.165, 1.54) is 24.3 Å². The number of rotatable bonds is 5. The Labute approximate surface area is 195 Å². The molecule has 0 spiro atoms. The molecule has 0 amide bonds. The predicted molar refractivity (Wildman–Crippen MR) is 114 cm³/mol. The standard InChI is InChI=1S/C20H25FN2O3S.C2HF3O2/c1-22(13-17-5-3-11-26-17)20-6-2-4-15-12-23(14-19(15)20)27(24,25)18-9-7-16(21)8-10-18;3-2(4,5)1(6)7/h3,5,7-11,15,19-20H,2,4,6,12-14H2,1H3;(H,6,7)/t15-,19+,20?;/m1./s1. The molecule has 2 fully saturated rings. The van der Waals surface area contributed by atoms with Crippen molar-refractivity contribution in [1.82, 2.24) is 9.21 Å². The van der Waals surface area contributed by atoms with Crippen molar-refractivity contribution in [2.45, 2.75) is 42.9 Å². The summed E-state index contributed by atoms with van der Waals surface area (Å²) in [5.74, 6) is -1.57. The molecule has 1 saturated carbocycles. The van der Waals surface area contributed by atoms with Gasteiger partial charge in [-0.1, -0.05) is 6.42 Å². The zero-order valence-electron chi connectivity index (χ0n) is 18.4. The second kappa shape index (κ2) is 10.4. The average Bonchev–Trinajstić information content (AvgIpc) is 3.43. The molecule has 1 aliphatic heterocycles. The molecule has 2 aliphatic rings. The Balaban J connectivity index is 0.000000406. The number of hydrogen-bond donors (Lipinski definition) is 1. The Morgan fingerprint density at radius 2 is 1.82 bits per heavy atom. The Morgan fingerprint density at radius 3 is 2.38 bits per heavy atom. The Morgan fingerprint density at radius 1 is 1.18 bits per heavy atom. The molecule has 1 aromatic carbocycles. The maximum Gasteiger partial charge on any atom is 0.490 e. The highest BCUT2D eigenvalue weighted by atomic mass is 32.2. The summed E-state index contributed by atoms with van der Waals surface area (Å²) in [6.45, 7) is 1.80. The van der Waals surface area contributed by atoms with Gasteiger partial charge in [0.15, 0.2) is 0 Å². The van der Waals surface area contributed by atoms with Crippen molar-refractivity contribution in [3.05, 3.63) is 54.2 Å². The Hall–Kier alpha value is -2.44. The smallest absolute Gasteiger partial charge is 0.475 e. The van der Waals surface area contributed by atoms with Crippen LogP contribution in [0.5, 0.6) is 0 Å². The number of halogens is 4. The van der Waals surface area contributed by atoms with E-state index in [0.717, 1.165) is 31.6 Å². The van der Waals surface area contributed by atoms with Crippen molar-refractivity contribution in [2.75, 3.05) is 20.1 Å². The van der Waals surface area contributed by atoms with Crippen LogP contribution in [0.15, 0.2) is 52.0 Å².